The van der Waals surface area contributed by atoms with Gasteiger partial charge in [0.15, 0.2) is 0 Å². The lowest BCUT2D eigenvalue weighted by Crippen LogP contribution is -2.42. The van der Waals surface area contributed by atoms with Crippen molar-refractivity contribution in [3.8, 4) is 0 Å². The zero-order chi connectivity index (χ0) is 8.91. The average Bonchev–Trinajstić information content (AvgIpc) is 2.00. The summed E-state index contributed by atoms with van der Waals surface area (Å²) in [4.78, 5) is 2.39. The molecule has 0 aromatic rings. The second-order valence-electron chi connectivity index (χ2n) is 3.58. The first-order valence-electron chi connectivity index (χ1n) is 4.80. The fourth-order valence-corrected chi connectivity index (χ4v) is 1.92. The minimum Gasteiger partial charge on any atom is -0.304 e. The predicted molar refractivity (Wildman–Crippen MR) is 51.9 cm³/mol. The molecule has 0 amide bonds. The molecule has 0 aliphatic rings. The van der Waals surface area contributed by atoms with Crippen LogP contribution in [0.5, 0.6) is 0 Å². The van der Waals surface area contributed by atoms with Gasteiger partial charge in [0.25, 0.3) is 0 Å². The van der Waals surface area contributed by atoms with Gasteiger partial charge in [-0.15, -0.1) is 0 Å². The minimum absolute atomic E-state index is 0.467. The molecule has 0 saturated heterocycles. The van der Waals surface area contributed by atoms with Gasteiger partial charge in [-0.3, -0.25) is 0 Å². The van der Waals surface area contributed by atoms with Crippen LogP contribution in [0.2, 0.25) is 0 Å². The molecular weight excluding hydrogens is 134 g/mol. The highest BCUT2D eigenvalue weighted by Crippen LogP contribution is 2.26. The van der Waals surface area contributed by atoms with Crippen LogP contribution in [-0.4, -0.2) is 24.5 Å². The quantitative estimate of drug-likeness (QED) is 0.593. The maximum Gasteiger partial charge on any atom is 0.0198 e. The predicted octanol–water partition coefficient (Wildman–Crippen LogP) is 2.91. The molecule has 0 aromatic heterocycles. The van der Waals surface area contributed by atoms with Crippen molar-refractivity contribution in [1.29, 1.82) is 0 Å². The molecule has 0 saturated carbocycles. The zero-order valence-corrected chi connectivity index (χ0v) is 8.78. The van der Waals surface area contributed by atoms with Gasteiger partial charge >= 0.3 is 0 Å². The minimum atomic E-state index is 0.467. The topological polar surface area (TPSA) is 3.24 Å². The normalized spacial score (nSPS) is 12.5. The SMILES string of the molecule is CCCC(CC)(CC)N(C)C. The second kappa shape index (κ2) is 4.76. The van der Waals surface area contributed by atoms with Crippen molar-refractivity contribution >= 4 is 0 Å². The highest BCUT2D eigenvalue weighted by molar-refractivity contribution is 4.84. The third-order valence-electron chi connectivity index (χ3n) is 2.98. The van der Waals surface area contributed by atoms with Gasteiger partial charge in [0.05, 0.1) is 0 Å². The standard InChI is InChI=1S/C10H23N/c1-6-9-10(7-2,8-3)11(4)5/h6-9H2,1-5H3. The van der Waals surface area contributed by atoms with E-state index >= 15 is 0 Å². The summed E-state index contributed by atoms with van der Waals surface area (Å²) in [5, 5.41) is 0. The molecule has 0 rings (SSSR count). The summed E-state index contributed by atoms with van der Waals surface area (Å²) >= 11 is 0. The number of rotatable bonds is 5. The Morgan fingerprint density at radius 3 is 1.55 bits per heavy atom. The van der Waals surface area contributed by atoms with Crippen LogP contribution in [0.4, 0.5) is 0 Å². The number of nitrogens with zero attached hydrogens (tertiary/aromatic N) is 1. The molecule has 0 fully saturated rings. The van der Waals surface area contributed by atoms with Crippen LogP contribution in [0.25, 0.3) is 0 Å². The van der Waals surface area contributed by atoms with Crippen LogP contribution < -0.4 is 0 Å². The molecule has 11 heavy (non-hydrogen) atoms. The Hall–Kier alpha value is -0.0400. The van der Waals surface area contributed by atoms with Crippen molar-refractivity contribution in [2.45, 2.75) is 52.0 Å². The van der Waals surface area contributed by atoms with Crippen LogP contribution in [0.1, 0.15) is 46.5 Å². The Morgan fingerprint density at radius 1 is 1.00 bits per heavy atom. The van der Waals surface area contributed by atoms with Gasteiger partial charge in [0.1, 0.15) is 0 Å². The van der Waals surface area contributed by atoms with Crippen molar-refractivity contribution in [2.75, 3.05) is 14.1 Å². The molecule has 1 nitrogen and oxygen atoms in total. The Bertz CT molecular complexity index is 93.0. The smallest absolute Gasteiger partial charge is 0.0198 e. The first-order chi connectivity index (χ1) is 5.13. The van der Waals surface area contributed by atoms with Crippen molar-refractivity contribution in [3.63, 3.8) is 0 Å². The summed E-state index contributed by atoms with van der Waals surface area (Å²) < 4.78 is 0. The van der Waals surface area contributed by atoms with E-state index in [1.807, 2.05) is 0 Å². The summed E-state index contributed by atoms with van der Waals surface area (Å²) in [5.41, 5.74) is 0.467. The summed E-state index contributed by atoms with van der Waals surface area (Å²) in [6, 6.07) is 0. The molecule has 0 atom stereocenters. The molecule has 1 heteroatoms. The number of hydrogen-bond acceptors (Lipinski definition) is 1. The summed E-state index contributed by atoms with van der Waals surface area (Å²) in [6.45, 7) is 6.85. The first kappa shape index (κ1) is 11.0. The Kier molecular flexibility index (Phi) is 4.74. The van der Waals surface area contributed by atoms with Crippen molar-refractivity contribution in [3.05, 3.63) is 0 Å². The van der Waals surface area contributed by atoms with E-state index in [0.29, 0.717) is 5.54 Å². The van der Waals surface area contributed by atoms with Crippen molar-refractivity contribution in [2.24, 2.45) is 0 Å². The molecular formula is C10H23N. The van der Waals surface area contributed by atoms with Crippen LogP contribution in [0.3, 0.4) is 0 Å². The highest BCUT2D eigenvalue weighted by Gasteiger charge is 2.26. The average molecular weight is 157 g/mol. The highest BCUT2D eigenvalue weighted by atomic mass is 15.1. The monoisotopic (exact) mass is 157 g/mol. The lowest BCUT2D eigenvalue weighted by atomic mass is 9.87. The lowest BCUT2D eigenvalue weighted by Gasteiger charge is -2.38. The zero-order valence-electron chi connectivity index (χ0n) is 8.78. The largest absolute Gasteiger partial charge is 0.304 e. The van der Waals surface area contributed by atoms with E-state index in [2.05, 4.69) is 39.8 Å². The van der Waals surface area contributed by atoms with Crippen molar-refractivity contribution in [1.82, 2.24) is 4.90 Å². The van der Waals surface area contributed by atoms with Gasteiger partial charge < -0.3 is 4.90 Å². The third-order valence-corrected chi connectivity index (χ3v) is 2.98. The summed E-state index contributed by atoms with van der Waals surface area (Å²) in [6.07, 6.45) is 5.15. The van der Waals surface area contributed by atoms with Gasteiger partial charge in [-0.1, -0.05) is 27.2 Å². The van der Waals surface area contributed by atoms with Crippen LogP contribution in [-0.2, 0) is 0 Å². The van der Waals surface area contributed by atoms with Gasteiger partial charge in [-0.2, -0.15) is 0 Å². The van der Waals surface area contributed by atoms with Gasteiger partial charge in [-0.05, 0) is 33.4 Å². The molecule has 0 heterocycles. The van der Waals surface area contributed by atoms with Crippen molar-refractivity contribution < 1.29 is 0 Å². The van der Waals surface area contributed by atoms with E-state index in [4.69, 9.17) is 0 Å². The molecule has 0 N–H and O–H groups in total. The van der Waals surface area contributed by atoms with E-state index in [1.165, 1.54) is 25.7 Å². The fourth-order valence-electron chi connectivity index (χ4n) is 1.92. The first-order valence-corrected chi connectivity index (χ1v) is 4.80. The van der Waals surface area contributed by atoms with Gasteiger partial charge in [0.2, 0.25) is 0 Å². The maximum atomic E-state index is 2.39. The van der Waals surface area contributed by atoms with E-state index in [1.54, 1.807) is 0 Å². The van der Waals surface area contributed by atoms with Gasteiger partial charge in [-0.25, -0.2) is 0 Å². The molecule has 68 valence electrons. The Balaban J connectivity index is 4.20. The molecule has 0 bridgehead atoms. The second-order valence-corrected chi connectivity index (χ2v) is 3.58. The Labute approximate surface area is 71.8 Å². The third kappa shape index (κ3) is 2.48. The molecule has 0 unspecified atom stereocenters. The summed E-state index contributed by atoms with van der Waals surface area (Å²) in [7, 11) is 4.39. The van der Waals surface area contributed by atoms with E-state index in [-0.39, 0.29) is 0 Å². The van der Waals surface area contributed by atoms with E-state index in [9.17, 15) is 0 Å². The van der Waals surface area contributed by atoms with E-state index in [0.717, 1.165) is 0 Å². The van der Waals surface area contributed by atoms with E-state index < -0.39 is 0 Å². The van der Waals surface area contributed by atoms with Crippen LogP contribution >= 0.6 is 0 Å². The molecule has 0 spiro atoms. The fraction of sp³-hybridized carbons (Fsp3) is 1.00. The Morgan fingerprint density at radius 2 is 1.45 bits per heavy atom. The van der Waals surface area contributed by atoms with Gasteiger partial charge in [0, 0.05) is 5.54 Å². The molecule has 0 aromatic carbocycles. The molecule has 0 aliphatic heterocycles. The van der Waals surface area contributed by atoms with Crippen LogP contribution in [0.15, 0.2) is 0 Å². The number of hydrogen-bond donors (Lipinski definition) is 0. The molecule has 0 radical (unpaired) electrons. The molecule has 0 aliphatic carbocycles. The van der Waals surface area contributed by atoms with Crippen LogP contribution in [0, 0.1) is 0 Å². The maximum absolute atomic E-state index is 2.39. The lowest BCUT2D eigenvalue weighted by molar-refractivity contribution is 0.126. The summed E-state index contributed by atoms with van der Waals surface area (Å²) in [5.74, 6) is 0.